The van der Waals surface area contributed by atoms with E-state index >= 15 is 0 Å². The molecule has 1 aromatic heterocycles. The van der Waals surface area contributed by atoms with Gasteiger partial charge in [-0.05, 0) is 53.1 Å². The van der Waals surface area contributed by atoms with Crippen LogP contribution < -0.4 is 9.47 Å². The second kappa shape index (κ2) is 8.41. The lowest BCUT2D eigenvalue weighted by Crippen LogP contribution is -2.34. The van der Waals surface area contributed by atoms with Crippen molar-refractivity contribution in [3.63, 3.8) is 0 Å². The molecule has 0 spiro atoms. The van der Waals surface area contributed by atoms with Crippen LogP contribution in [0, 0.1) is 5.92 Å². The van der Waals surface area contributed by atoms with Gasteiger partial charge in [0.05, 0.1) is 13.7 Å². The monoisotopic (exact) mass is 371 g/mol. The first kappa shape index (κ1) is 18.5. The number of carbonyl (C=O) groups excluding carboxylic acids is 1. The molecule has 2 heterocycles. The van der Waals surface area contributed by atoms with Crippen LogP contribution in [0.15, 0.2) is 35.7 Å². The van der Waals surface area contributed by atoms with E-state index < -0.39 is 0 Å². The average molecular weight is 372 g/mol. The zero-order valence-electron chi connectivity index (χ0n) is 15.5. The zero-order chi connectivity index (χ0) is 18.5. The second-order valence-electron chi connectivity index (χ2n) is 6.83. The maximum Gasteiger partial charge on any atom is 0.246 e. The van der Waals surface area contributed by atoms with Crippen LogP contribution in [-0.2, 0) is 17.8 Å². The van der Waals surface area contributed by atoms with Crippen LogP contribution in [-0.4, -0.2) is 31.1 Å². The summed E-state index contributed by atoms with van der Waals surface area (Å²) in [5.74, 6) is 1.90. The van der Waals surface area contributed by atoms with Gasteiger partial charge in [0.1, 0.15) is 0 Å². The summed E-state index contributed by atoms with van der Waals surface area (Å²) < 4.78 is 11.2. The first-order valence-electron chi connectivity index (χ1n) is 8.90. The quantitative estimate of drug-likeness (QED) is 0.707. The fourth-order valence-electron chi connectivity index (χ4n) is 2.87. The van der Waals surface area contributed by atoms with Gasteiger partial charge < -0.3 is 14.4 Å². The Morgan fingerprint density at radius 3 is 2.92 bits per heavy atom. The van der Waals surface area contributed by atoms with E-state index in [0.717, 1.165) is 24.3 Å². The molecule has 138 valence electrons. The predicted octanol–water partition coefficient (Wildman–Crippen LogP) is 4.39. The van der Waals surface area contributed by atoms with Crippen molar-refractivity contribution in [1.29, 1.82) is 0 Å². The van der Waals surface area contributed by atoms with Crippen molar-refractivity contribution in [2.24, 2.45) is 5.92 Å². The molecule has 0 atom stereocenters. The highest BCUT2D eigenvalue weighted by atomic mass is 32.1. The highest BCUT2D eigenvalue weighted by Gasteiger charge is 2.19. The zero-order valence-corrected chi connectivity index (χ0v) is 16.3. The molecular formula is C21H25NO3S. The lowest BCUT2D eigenvalue weighted by molar-refractivity contribution is -0.126. The molecule has 0 radical (unpaired) electrons. The van der Waals surface area contributed by atoms with E-state index in [9.17, 15) is 4.79 Å². The molecule has 0 aliphatic carbocycles. The minimum absolute atomic E-state index is 0.0425. The van der Waals surface area contributed by atoms with Crippen LogP contribution in [0.1, 0.15) is 29.9 Å². The Bertz CT molecular complexity index is 794. The number of hydrogen-bond donors (Lipinski definition) is 0. The van der Waals surface area contributed by atoms with E-state index in [-0.39, 0.29) is 5.91 Å². The van der Waals surface area contributed by atoms with Gasteiger partial charge in [0, 0.05) is 24.0 Å². The molecule has 2 aromatic rings. The summed E-state index contributed by atoms with van der Waals surface area (Å²) in [7, 11) is 1.63. The Balaban J connectivity index is 1.65. The minimum atomic E-state index is 0.0425. The number of fused-ring (bicyclic) bond motifs is 1. The molecule has 4 nitrogen and oxygen atoms in total. The lowest BCUT2D eigenvalue weighted by Gasteiger charge is -2.25. The number of ether oxygens (including phenoxy) is 2. The van der Waals surface area contributed by atoms with Crippen molar-refractivity contribution >= 4 is 23.3 Å². The number of hydrogen-bond acceptors (Lipinski definition) is 4. The van der Waals surface area contributed by atoms with E-state index in [0.29, 0.717) is 24.8 Å². The van der Waals surface area contributed by atoms with Gasteiger partial charge in [-0.1, -0.05) is 19.9 Å². The molecule has 0 bridgehead atoms. The summed E-state index contributed by atoms with van der Waals surface area (Å²) in [5, 5.41) is 2.10. The van der Waals surface area contributed by atoms with Gasteiger partial charge in [-0.2, -0.15) is 0 Å². The smallest absolute Gasteiger partial charge is 0.246 e. The summed E-state index contributed by atoms with van der Waals surface area (Å²) in [5.41, 5.74) is 2.19. The summed E-state index contributed by atoms with van der Waals surface area (Å²) in [6.07, 6.45) is 4.42. The van der Waals surface area contributed by atoms with Gasteiger partial charge in [-0.3, -0.25) is 4.79 Å². The third-order valence-corrected chi connectivity index (χ3v) is 5.32. The maximum absolute atomic E-state index is 12.5. The van der Waals surface area contributed by atoms with Gasteiger partial charge in [0.15, 0.2) is 11.5 Å². The molecule has 5 heteroatoms. The van der Waals surface area contributed by atoms with Crippen LogP contribution in [0.3, 0.4) is 0 Å². The Kier molecular flexibility index (Phi) is 5.99. The number of benzene rings is 1. The molecule has 26 heavy (non-hydrogen) atoms. The number of rotatable bonds is 6. The first-order valence-corrected chi connectivity index (χ1v) is 9.78. The molecule has 1 amide bonds. The fourth-order valence-corrected chi connectivity index (χ4v) is 3.76. The standard InChI is InChI=1S/C21H25NO3S/c1-15(2)14-25-18-6-4-16(12-19(18)24-3)5-7-21(23)22-10-8-20-17(13-22)9-11-26-20/h4-7,9,11-12,15H,8,10,13-14H2,1-3H3/b7-5+. The fraction of sp³-hybridized carbons (Fsp3) is 0.381. The summed E-state index contributed by atoms with van der Waals surface area (Å²) >= 11 is 1.78. The topological polar surface area (TPSA) is 38.8 Å². The largest absolute Gasteiger partial charge is 0.493 e. The van der Waals surface area contributed by atoms with Crippen molar-refractivity contribution in [2.75, 3.05) is 20.3 Å². The normalized spacial score (nSPS) is 13.9. The van der Waals surface area contributed by atoms with Crippen molar-refractivity contribution in [3.05, 3.63) is 51.7 Å². The average Bonchev–Trinajstić information content (AvgIpc) is 3.12. The second-order valence-corrected chi connectivity index (χ2v) is 7.83. The van der Waals surface area contributed by atoms with E-state index in [2.05, 4.69) is 25.3 Å². The summed E-state index contributed by atoms with van der Waals surface area (Å²) in [6.45, 7) is 6.34. The third-order valence-electron chi connectivity index (χ3n) is 4.30. The number of amides is 1. The van der Waals surface area contributed by atoms with Gasteiger partial charge in [-0.25, -0.2) is 0 Å². The van der Waals surface area contributed by atoms with Crippen molar-refractivity contribution in [2.45, 2.75) is 26.8 Å². The SMILES string of the molecule is COc1cc(/C=C/C(=O)N2CCc3sccc3C2)ccc1OCC(C)C. The Labute approximate surface area is 159 Å². The maximum atomic E-state index is 12.5. The number of nitrogens with zero attached hydrogens (tertiary/aromatic N) is 1. The number of methoxy groups -OCH3 is 1. The van der Waals surface area contributed by atoms with Gasteiger partial charge >= 0.3 is 0 Å². The molecule has 0 N–H and O–H groups in total. The van der Waals surface area contributed by atoms with Gasteiger partial charge in [0.25, 0.3) is 0 Å². The molecule has 0 saturated carbocycles. The number of thiophene rings is 1. The molecule has 1 aliphatic rings. The van der Waals surface area contributed by atoms with Gasteiger partial charge in [0.2, 0.25) is 5.91 Å². The summed E-state index contributed by atoms with van der Waals surface area (Å²) in [4.78, 5) is 15.8. The lowest BCUT2D eigenvalue weighted by atomic mass is 10.1. The minimum Gasteiger partial charge on any atom is -0.493 e. The van der Waals surface area contributed by atoms with E-state index in [4.69, 9.17) is 9.47 Å². The molecule has 0 fully saturated rings. The molecule has 3 rings (SSSR count). The van der Waals surface area contributed by atoms with Crippen LogP contribution in [0.2, 0.25) is 0 Å². The van der Waals surface area contributed by atoms with E-state index in [1.165, 1.54) is 10.4 Å². The molecule has 0 unspecified atom stereocenters. The van der Waals surface area contributed by atoms with E-state index in [1.807, 2.05) is 29.2 Å². The predicted molar refractivity (Wildman–Crippen MR) is 106 cm³/mol. The molecule has 1 aromatic carbocycles. The molecular weight excluding hydrogens is 346 g/mol. The molecule has 0 saturated heterocycles. The van der Waals surface area contributed by atoms with Crippen LogP contribution in [0.4, 0.5) is 0 Å². The Morgan fingerprint density at radius 1 is 1.31 bits per heavy atom. The molecule has 1 aliphatic heterocycles. The van der Waals surface area contributed by atoms with Crippen LogP contribution in [0.5, 0.6) is 11.5 Å². The summed E-state index contributed by atoms with van der Waals surface area (Å²) in [6, 6.07) is 7.84. The third kappa shape index (κ3) is 4.47. The van der Waals surface area contributed by atoms with Gasteiger partial charge in [-0.15, -0.1) is 11.3 Å². The Hall–Kier alpha value is -2.27. The number of carbonyl (C=O) groups is 1. The van der Waals surface area contributed by atoms with Crippen molar-refractivity contribution < 1.29 is 14.3 Å². The van der Waals surface area contributed by atoms with Crippen molar-refractivity contribution in [1.82, 2.24) is 4.90 Å². The van der Waals surface area contributed by atoms with Crippen molar-refractivity contribution in [3.8, 4) is 11.5 Å². The first-order chi connectivity index (χ1) is 12.6. The highest BCUT2D eigenvalue weighted by molar-refractivity contribution is 7.10. The van der Waals surface area contributed by atoms with Crippen LogP contribution in [0.25, 0.3) is 6.08 Å². The van der Waals surface area contributed by atoms with E-state index in [1.54, 1.807) is 24.5 Å². The Morgan fingerprint density at radius 2 is 2.15 bits per heavy atom. The highest BCUT2D eigenvalue weighted by Crippen LogP contribution is 2.29. The van der Waals surface area contributed by atoms with Crippen LogP contribution >= 0.6 is 11.3 Å².